The summed E-state index contributed by atoms with van der Waals surface area (Å²) in [4.78, 5) is 2.63. The van der Waals surface area contributed by atoms with E-state index < -0.39 is 0 Å². The van der Waals surface area contributed by atoms with Crippen LogP contribution < -0.4 is 10.5 Å². The predicted octanol–water partition coefficient (Wildman–Crippen LogP) is 2.31. The van der Waals surface area contributed by atoms with Gasteiger partial charge in [0.1, 0.15) is 10.7 Å². The van der Waals surface area contributed by atoms with Crippen molar-refractivity contribution in [2.24, 2.45) is 5.73 Å². The summed E-state index contributed by atoms with van der Waals surface area (Å²) >= 11 is 5.08. The molecule has 0 unspecified atom stereocenters. The summed E-state index contributed by atoms with van der Waals surface area (Å²) in [5.74, 6) is 0.697. The molecule has 0 aliphatic carbocycles. The van der Waals surface area contributed by atoms with Gasteiger partial charge in [-0.25, -0.2) is 0 Å². The van der Waals surface area contributed by atoms with Gasteiger partial charge >= 0.3 is 0 Å². The van der Waals surface area contributed by atoms with Crippen LogP contribution in [0.25, 0.3) is 0 Å². The fourth-order valence-corrected chi connectivity index (χ4v) is 2.76. The summed E-state index contributed by atoms with van der Waals surface area (Å²) in [7, 11) is 1.61. The molecule has 3 N–H and O–H groups in total. The van der Waals surface area contributed by atoms with E-state index in [1.54, 1.807) is 7.11 Å². The van der Waals surface area contributed by atoms with Gasteiger partial charge < -0.3 is 15.6 Å². The monoisotopic (exact) mass is 310 g/mol. The molecule has 1 aromatic carbocycles. The molecule has 0 saturated heterocycles. The molecule has 0 atom stereocenters. The van der Waals surface area contributed by atoms with E-state index in [1.165, 1.54) is 0 Å². The summed E-state index contributed by atoms with van der Waals surface area (Å²) in [6, 6.07) is 6.36. The Bertz CT molecular complexity index is 462. The normalized spacial score (nSPS) is 11.1. The van der Waals surface area contributed by atoms with Crippen molar-refractivity contribution in [3.05, 3.63) is 29.3 Å². The molecule has 0 fully saturated rings. The van der Waals surface area contributed by atoms with Crippen molar-refractivity contribution in [3.8, 4) is 5.75 Å². The lowest BCUT2D eigenvalue weighted by molar-refractivity contribution is 0.136. The van der Waals surface area contributed by atoms with Crippen LogP contribution in [-0.4, -0.2) is 41.3 Å². The van der Waals surface area contributed by atoms with Crippen LogP contribution >= 0.6 is 12.2 Å². The van der Waals surface area contributed by atoms with Crippen molar-refractivity contribution in [2.75, 3.05) is 20.3 Å². The lowest BCUT2D eigenvalue weighted by atomic mass is 10.1. The summed E-state index contributed by atoms with van der Waals surface area (Å²) < 4.78 is 5.28. The molecule has 118 valence electrons. The van der Waals surface area contributed by atoms with E-state index in [2.05, 4.69) is 18.7 Å². The van der Waals surface area contributed by atoms with Crippen LogP contribution in [0, 0.1) is 0 Å². The van der Waals surface area contributed by atoms with Crippen LogP contribution in [0.4, 0.5) is 0 Å². The fraction of sp³-hybridized carbons (Fsp3) is 0.562. The van der Waals surface area contributed by atoms with Gasteiger partial charge in [-0.2, -0.15) is 0 Å². The molecular weight excluding hydrogens is 284 g/mol. The Morgan fingerprint density at radius 2 is 2.05 bits per heavy atom. The third kappa shape index (κ3) is 4.95. The van der Waals surface area contributed by atoms with Crippen molar-refractivity contribution >= 4 is 17.2 Å². The summed E-state index contributed by atoms with van der Waals surface area (Å²) in [5.41, 5.74) is 7.65. The first-order valence-corrected chi connectivity index (χ1v) is 7.79. The first kappa shape index (κ1) is 17.9. The van der Waals surface area contributed by atoms with Gasteiger partial charge in [0.2, 0.25) is 0 Å². The number of thiocarbonyl (C=S) groups is 1. The lowest BCUT2D eigenvalue weighted by Crippen LogP contribution is -2.36. The zero-order valence-electron chi connectivity index (χ0n) is 13.1. The van der Waals surface area contributed by atoms with E-state index in [4.69, 9.17) is 22.7 Å². The van der Waals surface area contributed by atoms with Crippen LogP contribution in [-0.2, 0) is 6.54 Å². The smallest absolute Gasteiger partial charge is 0.129 e. The van der Waals surface area contributed by atoms with Gasteiger partial charge in [-0.05, 0) is 30.5 Å². The number of aliphatic hydroxyl groups is 1. The molecule has 0 heterocycles. The molecule has 4 nitrogen and oxygen atoms in total. The van der Waals surface area contributed by atoms with Gasteiger partial charge in [-0.3, -0.25) is 4.90 Å². The Hall–Kier alpha value is -1.17. The molecule has 0 aromatic heterocycles. The molecule has 0 spiro atoms. The Morgan fingerprint density at radius 3 is 2.52 bits per heavy atom. The van der Waals surface area contributed by atoms with Crippen molar-refractivity contribution in [2.45, 2.75) is 39.3 Å². The molecule has 5 heteroatoms. The van der Waals surface area contributed by atoms with Gasteiger partial charge in [-0.15, -0.1) is 0 Å². The molecule has 0 aliphatic heterocycles. The van der Waals surface area contributed by atoms with Gasteiger partial charge in [0.05, 0.1) is 19.3 Å². The highest BCUT2D eigenvalue weighted by atomic mass is 32.1. The minimum atomic E-state index is 0.162. The van der Waals surface area contributed by atoms with Crippen molar-refractivity contribution < 1.29 is 9.84 Å². The van der Waals surface area contributed by atoms with E-state index >= 15 is 0 Å². The summed E-state index contributed by atoms with van der Waals surface area (Å²) in [6.07, 6.45) is 2.13. The third-order valence-electron chi connectivity index (χ3n) is 3.76. The quantitative estimate of drug-likeness (QED) is 0.686. The van der Waals surface area contributed by atoms with E-state index in [0.29, 0.717) is 23.3 Å². The first-order valence-electron chi connectivity index (χ1n) is 7.38. The topological polar surface area (TPSA) is 58.7 Å². The molecule has 0 bridgehead atoms. The number of hydrogen-bond acceptors (Lipinski definition) is 4. The Labute approximate surface area is 132 Å². The number of aliphatic hydroxyl groups excluding tert-OH is 1. The number of rotatable bonds is 9. The highest BCUT2D eigenvalue weighted by molar-refractivity contribution is 7.80. The second kappa shape index (κ2) is 8.97. The molecule has 1 rings (SSSR count). The van der Waals surface area contributed by atoms with Crippen molar-refractivity contribution in [1.29, 1.82) is 0 Å². The largest absolute Gasteiger partial charge is 0.496 e. The van der Waals surface area contributed by atoms with Crippen molar-refractivity contribution in [1.82, 2.24) is 4.90 Å². The SMILES string of the molecule is CCC(CC)N(CCO)Cc1ccc(OC)c(C(N)=S)c1. The second-order valence-corrected chi connectivity index (χ2v) is 5.50. The summed E-state index contributed by atoms with van der Waals surface area (Å²) in [6.45, 7) is 5.95. The van der Waals surface area contributed by atoms with E-state index in [9.17, 15) is 5.11 Å². The van der Waals surface area contributed by atoms with Crippen LogP contribution in [0.15, 0.2) is 18.2 Å². The average Bonchev–Trinajstić information content (AvgIpc) is 2.48. The molecule has 0 amide bonds. The second-order valence-electron chi connectivity index (χ2n) is 5.06. The molecule has 21 heavy (non-hydrogen) atoms. The maximum Gasteiger partial charge on any atom is 0.129 e. The lowest BCUT2D eigenvalue weighted by Gasteiger charge is -2.30. The van der Waals surface area contributed by atoms with Gasteiger partial charge in [-0.1, -0.05) is 32.1 Å². The maximum atomic E-state index is 9.28. The number of hydrogen-bond donors (Lipinski definition) is 2. The number of nitrogens with zero attached hydrogens (tertiary/aromatic N) is 1. The van der Waals surface area contributed by atoms with Gasteiger partial charge in [0, 0.05) is 19.1 Å². The number of methoxy groups -OCH3 is 1. The van der Waals surface area contributed by atoms with Crippen molar-refractivity contribution in [3.63, 3.8) is 0 Å². The summed E-state index contributed by atoms with van der Waals surface area (Å²) in [5, 5.41) is 9.28. The minimum absolute atomic E-state index is 0.162. The van der Waals surface area contributed by atoms with Crippen LogP contribution in [0.3, 0.4) is 0 Å². The Balaban J connectivity index is 2.98. The van der Waals surface area contributed by atoms with E-state index in [0.717, 1.165) is 30.5 Å². The van der Waals surface area contributed by atoms with E-state index in [1.807, 2.05) is 18.2 Å². The Morgan fingerprint density at radius 1 is 1.38 bits per heavy atom. The minimum Gasteiger partial charge on any atom is -0.496 e. The molecule has 0 radical (unpaired) electrons. The molecule has 0 aliphatic rings. The molecule has 1 aromatic rings. The average molecular weight is 310 g/mol. The first-order chi connectivity index (χ1) is 10.1. The number of benzene rings is 1. The predicted molar refractivity (Wildman–Crippen MR) is 90.7 cm³/mol. The van der Waals surface area contributed by atoms with E-state index in [-0.39, 0.29) is 6.61 Å². The number of ether oxygens (including phenoxy) is 1. The highest BCUT2D eigenvalue weighted by Crippen LogP contribution is 2.22. The maximum absolute atomic E-state index is 9.28. The highest BCUT2D eigenvalue weighted by Gasteiger charge is 2.16. The standard InChI is InChI=1S/C16H26N2O2S/c1-4-13(5-2)18(8-9-19)11-12-6-7-15(20-3)14(10-12)16(17)21/h6-7,10,13,19H,4-5,8-9,11H2,1-3H3,(H2,17,21). The zero-order chi connectivity index (χ0) is 15.8. The van der Waals surface area contributed by atoms with Gasteiger partial charge in [0.25, 0.3) is 0 Å². The number of nitrogens with two attached hydrogens (primary N) is 1. The molecule has 0 saturated carbocycles. The van der Waals surface area contributed by atoms with Crippen LogP contribution in [0.1, 0.15) is 37.8 Å². The van der Waals surface area contributed by atoms with Crippen LogP contribution in [0.5, 0.6) is 5.75 Å². The fourth-order valence-electron chi connectivity index (χ4n) is 2.60. The van der Waals surface area contributed by atoms with Crippen LogP contribution in [0.2, 0.25) is 0 Å². The Kier molecular flexibility index (Phi) is 7.64. The van der Waals surface area contributed by atoms with Gasteiger partial charge in [0.15, 0.2) is 0 Å². The zero-order valence-corrected chi connectivity index (χ0v) is 13.9. The molecular formula is C16H26N2O2S. The third-order valence-corrected chi connectivity index (χ3v) is 3.98.